The van der Waals surface area contributed by atoms with Gasteiger partial charge in [-0.2, -0.15) is 5.26 Å². The minimum atomic E-state index is -0.963. The number of hydrogen-bond donors (Lipinski definition) is 1. The van der Waals surface area contributed by atoms with Gasteiger partial charge in [0, 0.05) is 88.8 Å². The van der Waals surface area contributed by atoms with E-state index in [1.165, 1.54) is 0 Å². The van der Waals surface area contributed by atoms with Gasteiger partial charge in [-0.1, -0.05) is 11.6 Å². The average Bonchev–Trinajstić information content (AvgIpc) is 3.69. The fraction of sp³-hybridized carbons (Fsp3) is 0.512. The molecule has 0 aliphatic carbocycles. The third-order valence-electron chi connectivity index (χ3n) is 13.6. The number of anilines is 3. The first kappa shape index (κ1) is 38.4. The van der Waals surface area contributed by atoms with Crippen LogP contribution < -0.4 is 20.0 Å². The first-order valence-electron chi connectivity index (χ1n) is 20.7. The molecule has 9 rings (SSSR count). The zero-order valence-electron chi connectivity index (χ0n) is 32.9. The number of imide groups is 2. The van der Waals surface area contributed by atoms with E-state index in [0.29, 0.717) is 33.8 Å². The maximum Gasteiger partial charge on any atom is 0.262 e. The van der Waals surface area contributed by atoms with Crippen molar-refractivity contribution in [1.82, 2.24) is 30.0 Å². The Labute approximate surface area is 343 Å². The Bertz CT molecular complexity index is 2150. The fourth-order valence-electron chi connectivity index (χ4n) is 10.3. The summed E-state index contributed by atoms with van der Waals surface area (Å²) < 4.78 is 0. The Morgan fingerprint density at radius 3 is 2.21 bits per heavy atom. The minimum Gasteiger partial charge on any atom is -0.371 e. The molecule has 1 N–H and O–H groups in total. The maximum absolute atomic E-state index is 13.4. The number of nitrogens with zero attached hydrogens (tertiary/aromatic N) is 9. The molecule has 302 valence electrons. The molecule has 5 saturated heterocycles. The van der Waals surface area contributed by atoms with Gasteiger partial charge in [0.15, 0.2) is 0 Å². The van der Waals surface area contributed by atoms with Crippen molar-refractivity contribution in [2.24, 2.45) is 5.41 Å². The number of benzene rings is 2. The summed E-state index contributed by atoms with van der Waals surface area (Å²) in [6.07, 6.45) is 9.65. The minimum absolute atomic E-state index is 0.100. The van der Waals surface area contributed by atoms with Crippen LogP contribution in [0.1, 0.15) is 84.0 Å². The van der Waals surface area contributed by atoms with Crippen molar-refractivity contribution < 1.29 is 19.2 Å². The van der Waals surface area contributed by atoms with Crippen LogP contribution >= 0.6 is 11.6 Å². The molecule has 14 nitrogen and oxygen atoms in total. The quantitative estimate of drug-likeness (QED) is 0.343. The molecule has 3 aromatic rings. The maximum atomic E-state index is 13.4. The molecule has 1 spiro atoms. The molecule has 58 heavy (non-hydrogen) atoms. The first-order chi connectivity index (χ1) is 28.1. The molecular formula is C43H49ClN10O4. The highest BCUT2D eigenvalue weighted by atomic mass is 35.5. The Morgan fingerprint density at radius 2 is 1.52 bits per heavy atom. The van der Waals surface area contributed by atoms with Crippen molar-refractivity contribution in [3.8, 4) is 6.07 Å². The van der Waals surface area contributed by atoms with Crippen LogP contribution in [0.2, 0.25) is 5.02 Å². The van der Waals surface area contributed by atoms with Crippen LogP contribution in [-0.2, 0) is 16.1 Å². The van der Waals surface area contributed by atoms with Gasteiger partial charge in [-0.25, -0.2) is 9.97 Å². The molecule has 0 bridgehead atoms. The third-order valence-corrected chi connectivity index (χ3v) is 13.9. The van der Waals surface area contributed by atoms with E-state index in [-0.39, 0.29) is 24.2 Å². The predicted octanol–water partition coefficient (Wildman–Crippen LogP) is 4.07. The highest BCUT2D eigenvalue weighted by molar-refractivity contribution is 6.32. The summed E-state index contributed by atoms with van der Waals surface area (Å²) in [6, 6.07) is 13.3. The van der Waals surface area contributed by atoms with Crippen LogP contribution in [0, 0.1) is 16.7 Å². The summed E-state index contributed by atoms with van der Waals surface area (Å²) in [5, 5.41) is 12.1. The molecule has 5 fully saturated rings. The zero-order valence-corrected chi connectivity index (χ0v) is 33.7. The van der Waals surface area contributed by atoms with Crippen LogP contribution in [0.4, 0.5) is 17.1 Å². The van der Waals surface area contributed by atoms with E-state index in [2.05, 4.69) is 42.8 Å². The lowest BCUT2D eigenvalue weighted by Crippen LogP contribution is -2.54. The number of hydrogen-bond acceptors (Lipinski definition) is 12. The summed E-state index contributed by atoms with van der Waals surface area (Å²) in [5.41, 5.74) is 4.51. The van der Waals surface area contributed by atoms with E-state index in [9.17, 15) is 24.4 Å². The Balaban J connectivity index is 0.720. The number of nitrogens with one attached hydrogen (secondary N) is 1. The third kappa shape index (κ3) is 7.28. The van der Waals surface area contributed by atoms with Gasteiger partial charge in [0.1, 0.15) is 17.9 Å². The van der Waals surface area contributed by atoms with Gasteiger partial charge in [-0.05, 0) is 87.3 Å². The molecule has 7 heterocycles. The largest absolute Gasteiger partial charge is 0.371 e. The second-order valence-electron chi connectivity index (χ2n) is 17.0. The lowest BCUT2D eigenvalue weighted by atomic mass is 9.76. The van der Waals surface area contributed by atoms with Gasteiger partial charge in [0.05, 0.1) is 46.3 Å². The van der Waals surface area contributed by atoms with Gasteiger partial charge >= 0.3 is 0 Å². The van der Waals surface area contributed by atoms with E-state index in [0.717, 1.165) is 125 Å². The van der Waals surface area contributed by atoms with Gasteiger partial charge in [-0.3, -0.25) is 39.2 Å². The summed E-state index contributed by atoms with van der Waals surface area (Å²) in [6.45, 7) is 11.6. The SMILES string of the molecule is C[C@H]1CC2(CCN(c3cnc(CN4CCN(C5CCN(c6ccc7c(c6)C(=O)N(C6CCC(=O)NC6=O)C7=O)CC5)CC4)nc3)CC2)CN1c1ccc(C#N)c(Cl)c1. The first-order valence-corrected chi connectivity index (χ1v) is 21.0. The number of nitriles is 1. The molecule has 2 atom stereocenters. The molecular weight excluding hydrogens is 756 g/mol. The lowest BCUT2D eigenvalue weighted by Gasteiger charge is -2.43. The zero-order chi connectivity index (χ0) is 40.1. The van der Waals surface area contributed by atoms with Gasteiger partial charge in [-0.15, -0.1) is 0 Å². The van der Waals surface area contributed by atoms with Crippen molar-refractivity contribution in [1.29, 1.82) is 5.26 Å². The lowest BCUT2D eigenvalue weighted by molar-refractivity contribution is -0.136. The number of amides is 4. The second-order valence-corrected chi connectivity index (χ2v) is 17.4. The molecule has 1 aromatic heterocycles. The van der Waals surface area contributed by atoms with E-state index >= 15 is 0 Å². The van der Waals surface area contributed by atoms with E-state index < -0.39 is 23.8 Å². The van der Waals surface area contributed by atoms with Gasteiger partial charge in [0.2, 0.25) is 11.8 Å². The molecule has 1 unspecified atom stereocenters. The predicted molar refractivity (Wildman–Crippen MR) is 219 cm³/mol. The van der Waals surface area contributed by atoms with Crippen LogP contribution in [-0.4, -0.2) is 125 Å². The number of fused-ring (bicyclic) bond motifs is 1. The number of piperazine rings is 1. The second kappa shape index (κ2) is 15.6. The number of aromatic nitrogens is 2. The van der Waals surface area contributed by atoms with Crippen LogP contribution in [0.3, 0.4) is 0 Å². The number of carbonyl (C=O) groups excluding carboxylic acids is 4. The number of carbonyl (C=O) groups is 4. The van der Waals surface area contributed by atoms with Gasteiger partial charge < -0.3 is 14.7 Å². The molecule has 6 aliphatic heterocycles. The fourth-order valence-corrected chi connectivity index (χ4v) is 10.5. The topological polar surface area (TPSA) is 149 Å². The van der Waals surface area contributed by atoms with Crippen molar-refractivity contribution >= 4 is 52.3 Å². The van der Waals surface area contributed by atoms with Crippen molar-refractivity contribution in [2.45, 2.75) is 76.5 Å². The molecule has 15 heteroatoms. The Morgan fingerprint density at radius 1 is 0.828 bits per heavy atom. The van der Waals surface area contributed by atoms with Gasteiger partial charge in [0.25, 0.3) is 11.8 Å². The summed E-state index contributed by atoms with van der Waals surface area (Å²) in [7, 11) is 0. The smallest absolute Gasteiger partial charge is 0.262 e. The van der Waals surface area contributed by atoms with E-state index in [4.69, 9.17) is 21.6 Å². The summed E-state index contributed by atoms with van der Waals surface area (Å²) >= 11 is 6.38. The number of halogens is 1. The molecule has 0 saturated carbocycles. The van der Waals surface area contributed by atoms with Crippen LogP contribution in [0.15, 0.2) is 48.8 Å². The molecule has 2 aromatic carbocycles. The van der Waals surface area contributed by atoms with Crippen LogP contribution in [0.25, 0.3) is 0 Å². The summed E-state index contributed by atoms with van der Waals surface area (Å²) in [5.74, 6) is -1.07. The standard InChI is InChI=1S/C43H49ClN10O4/c1-28-22-43(27-53(28)32-3-2-29(23-45)36(44)21-32)10-14-51(15-11-43)33-24-46-38(47-25-33)26-49-16-18-52(19-17-49)30-8-12-50(13-9-30)31-4-5-34-35(20-31)42(58)54(41(34)57)37-6-7-39(55)48-40(37)56/h2-5,20-21,24-25,28,30,37H,6-19,22,26-27H2,1H3,(H,48,55,56)/t28-,37?/m0/s1. The highest BCUT2D eigenvalue weighted by Crippen LogP contribution is 2.46. The van der Waals surface area contributed by atoms with Crippen molar-refractivity contribution in [2.75, 3.05) is 73.6 Å². The van der Waals surface area contributed by atoms with Crippen molar-refractivity contribution in [3.63, 3.8) is 0 Å². The van der Waals surface area contributed by atoms with Crippen molar-refractivity contribution in [3.05, 3.63) is 76.3 Å². The summed E-state index contributed by atoms with van der Waals surface area (Å²) in [4.78, 5) is 73.4. The van der Waals surface area contributed by atoms with E-state index in [1.807, 2.05) is 36.7 Å². The average molecular weight is 805 g/mol. The number of rotatable bonds is 7. The van der Waals surface area contributed by atoms with Crippen LogP contribution in [0.5, 0.6) is 0 Å². The monoisotopic (exact) mass is 804 g/mol. The van der Waals surface area contributed by atoms with E-state index in [1.54, 1.807) is 12.1 Å². The Hall–Kier alpha value is -5.10. The number of piperidine rings is 3. The molecule has 0 radical (unpaired) electrons. The highest BCUT2D eigenvalue weighted by Gasteiger charge is 2.46. The normalized spacial score (nSPS) is 24.4. The Kier molecular flexibility index (Phi) is 10.3. The molecule has 4 amide bonds. The molecule has 6 aliphatic rings.